The molecule has 0 aliphatic carbocycles. The summed E-state index contributed by atoms with van der Waals surface area (Å²) in [6.45, 7) is 10.9. The maximum absolute atomic E-state index is 6.23. The molecule has 2 rings (SSSR count). The van der Waals surface area contributed by atoms with Crippen molar-refractivity contribution in [3.63, 3.8) is 0 Å². The van der Waals surface area contributed by atoms with E-state index < -0.39 is 0 Å². The lowest BCUT2D eigenvalue weighted by Crippen LogP contribution is -2.25. The summed E-state index contributed by atoms with van der Waals surface area (Å²) in [5.74, 6) is 1.90. The second-order valence-electron chi connectivity index (χ2n) is 5.97. The summed E-state index contributed by atoms with van der Waals surface area (Å²) in [5, 5.41) is 0.605. The van der Waals surface area contributed by atoms with Crippen LogP contribution < -0.4 is 4.90 Å². The molecule has 1 fully saturated rings. The summed E-state index contributed by atoms with van der Waals surface area (Å²) in [6.07, 6.45) is 3.14. The Balaban J connectivity index is 2.32. The first-order chi connectivity index (χ1) is 8.43. The van der Waals surface area contributed by atoms with E-state index in [9.17, 15) is 0 Å². The number of hydrogen-bond acceptors (Lipinski definition) is 3. The Labute approximate surface area is 115 Å². The number of anilines is 1. The van der Waals surface area contributed by atoms with Gasteiger partial charge in [0.2, 0.25) is 0 Å². The molecule has 0 bridgehead atoms. The lowest BCUT2D eigenvalue weighted by Gasteiger charge is -2.23. The molecule has 1 aliphatic heterocycles. The highest BCUT2D eigenvalue weighted by molar-refractivity contribution is 6.30. The van der Waals surface area contributed by atoms with Gasteiger partial charge in [-0.2, -0.15) is 0 Å². The molecule has 1 aromatic heterocycles. The molecule has 1 aliphatic rings. The first-order valence-electron chi connectivity index (χ1n) is 6.71. The molecule has 0 saturated carbocycles. The van der Waals surface area contributed by atoms with Gasteiger partial charge in [-0.3, -0.25) is 0 Å². The Kier molecular flexibility index (Phi) is 3.81. The van der Waals surface area contributed by atoms with E-state index in [2.05, 4.69) is 30.7 Å². The van der Waals surface area contributed by atoms with Crippen molar-refractivity contribution in [3.8, 4) is 0 Å². The van der Waals surface area contributed by atoms with Gasteiger partial charge >= 0.3 is 0 Å². The highest BCUT2D eigenvalue weighted by Crippen LogP contribution is 2.34. The van der Waals surface area contributed by atoms with E-state index >= 15 is 0 Å². The van der Waals surface area contributed by atoms with Gasteiger partial charge in [-0.05, 0) is 25.2 Å². The predicted octanol–water partition coefficient (Wildman–Crippen LogP) is 3.63. The van der Waals surface area contributed by atoms with Crippen LogP contribution in [0.25, 0.3) is 0 Å². The van der Waals surface area contributed by atoms with Crippen LogP contribution in [-0.2, 0) is 6.42 Å². The average Bonchev–Trinajstić information content (AvgIpc) is 2.64. The number of halogens is 1. The van der Waals surface area contributed by atoms with Crippen LogP contribution in [0, 0.1) is 12.3 Å². The zero-order chi connectivity index (χ0) is 13.3. The minimum atomic E-state index is 0.370. The van der Waals surface area contributed by atoms with E-state index in [-0.39, 0.29) is 0 Å². The highest BCUT2D eigenvalue weighted by atomic mass is 35.5. The first kappa shape index (κ1) is 13.6. The lowest BCUT2D eigenvalue weighted by atomic mass is 9.93. The molecule has 1 aromatic rings. The van der Waals surface area contributed by atoms with E-state index in [1.54, 1.807) is 0 Å². The van der Waals surface area contributed by atoms with Crippen molar-refractivity contribution < 1.29 is 0 Å². The first-order valence-corrected chi connectivity index (χ1v) is 7.09. The topological polar surface area (TPSA) is 29.0 Å². The molecule has 0 N–H and O–H groups in total. The van der Waals surface area contributed by atoms with Crippen LogP contribution in [0.4, 0.5) is 5.82 Å². The number of aryl methyl sites for hydroxylation is 1. The molecule has 0 atom stereocenters. The van der Waals surface area contributed by atoms with Crippen molar-refractivity contribution >= 4 is 17.4 Å². The van der Waals surface area contributed by atoms with Crippen LogP contribution in [0.2, 0.25) is 5.15 Å². The van der Waals surface area contributed by atoms with Gasteiger partial charge in [-0.1, -0.05) is 32.4 Å². The standard InChI is InChI=1S/C14H22ClN3/c1-5-6-11-16-12(15)10(2)13(17-11)18-8-7-14(3,4)9-18/h5-9H2,1-4H3. The number of aromatic nitrogens is 2. The van der Waals surface area contributed by atoms with Crippen molar-refractivity contribution in [2.75, 3.05) is 18.0 Å². The van der Waals surface area contributed by atoms with Crippen molar-refractivity contribution in [2.45, 2.75) is 47.0 Å². The maximum atomic E-state index is 6.23. The van der Waals surface area contributed by atoms with Gasteiger partial charge in [0.15, 0.2) is 0 Å². The van der Waals surface area contributed by atoms with Crippen LogP contribution in [0.15, 0.2) is 0 Å². The minimum absolute atomic E-state index is 0.370. The fourth-order valence-electron chi connectivity index (χ4n) is 2.46. The largest absolute Gasteiger partial charge is 0.356 e. The molecule has 0 radical (unpaired) electrons. The van der Waals surface area contributed by atoms with Crippen molar-refractivity contribution in [2.24, 2.45) is 5.41 Å². The molecule has 0 aromatic carbocycles. The molecule has 0 unspecified atom stereocenters. The average molecular weight is 268 g/mol. The summed E-state index contributed by atoms with van der Waals surface area (Å²) >= 11 is 6.23. The zero-order valence-electron chi connectivity index (χ0n) is 11.8. The minimum Gasteiger partial charge on any atom is -0.356 e. The van der Waals surface area contributed by atoms with Gasteiger partial charge in [-0.15, -0.1) is 0 Å². The van der Waals surface area contributed by atoms with Gasteiger partial charge < -0.3 is 4.90 Å². The lowest BCUT2D eigenvalue weighted by molar-refractivity contribution is 0.418. The molecule has 1 saturated heterocycles. The molecular formula is C14H22ClN3. The van der Waals surface area contributed by atoms with Crippen LogP contribution >= 0.6 is 11.6 Å². The summed E-state index contributed by atoms with van der Waals surface area (Å²) in [7, 11) is 0. The molecule has 18 heavy (non-hydrogen) atoms. The molecular weight excluding hydrogens is 246 g/mol. The van der Waals surface area contributed by atoms with Crippen molar-refractivity contribution in [1.82, 2.24) is 9.97 Å². The Morgan fingerprint density at radius 1 is 1.33 bits per heavy atom. The fourth-order valence-corrected chi connectivity index (χ4v) is 2.64. The quantitative estimate of drug-likeness (QED) is 0.783. The zero-order valence-corrected chi connectivity index (χ0v) is 12.5. The highest BCUT2D eigenvalue weighted by Gasteiger charge is 2.31. The van der Waals surface area contributed by atoms with Crippen LogP contribution in [-0.4, -0.2) is 23.1 Å². The third-order valence-electron chi connectivity index (χ3n) is 3.56. The third-order valence-corrected chi connectivity index (χ3v) is 3.93. The summed E-state index contributed by atoms with van der Waals surface area (Å²) in [4.78, 5) is 11.4. The Morgan fingerprint density at radius 3 is 2.61 bits per heavy atom. The fraction of sp³-hybridized carbons (Fsp3) is 0.714. The smallest absolute Gasteiger partial charge is 0.137 e. The number of rotatable bonds is 3. The summed E-state index contributed by atoms with van der Waals surface area (Å²) < 4.78 is 0. The van der Waals surface area contributed by atoms with E-state index in [0.29, 0.717) is 10.6 Å². The monoisotopic (exact) mass is 267 g/mol. The second kappa shape index (κ2) is 5.04. The summed E-state index contributed by atoms with van der Waals surface area (Å²) in [6, 6.07) is 0. The maximum Gasteiger partial charge on any atom is 0.137 e. The van der Waals surface area contributed by atoms with Crippen molar-refractivity contribution in [3.05, 3.63) is 16.5 Å². The van der Waals surface area contributed by atoms with E-state index in [1.165, 1.54) is 6.42 Å². The van der Waals surface area contributed by atoms with E-state index in [4.69, 9.17) is 16.6 Å². The molecule has 100 valence electrons. The normalized spacial score (nSPS) is 18.4. The Morgan fingerprint density at radius 2 is 2.06 bits per heavy atom. The number of hydrogen-bond donors (Lipinski definition) is 0. The SMILES string of the molecule is CCCc1nc(Cl)c(C)c(N2CCC(C)(C)C2)n1. The van der Waals surface area contributed by atoms with Crippen LogP contribution in [0.3, 0.4) is 0 Å². The van der Waals surface area contributed by atoms with Gasteiger partial charge in [0.25, 0.3) is 0 Å². The second-order valence-corrected chi connectivity index (χ2v) is 6.32. The Hall–Kier alpha value is -0.830. The molecule has 2 heterocycles. The van der Waals surface area contributed by atoms with Gasteiger partial charge in [-0.25, -0.2) is 9.97 Å². The number of nitrogens with zero attached hydrogens (tertiary/aromatic N) is 3. The third kappa shape index (κ3) is 2.77. The molecule has 4 heteroatoms. The van der Waals surface area contributed by atoms with E-state index in [0.717, 1.165) is 43.1 Å². The molecule has 0 spiro atoms. The van der Waals surface area contributed by atoms with Gasteiger partial charge in [0, 0.05) is 25.1 Å². The van der Waals surface area contributed by atoms with Gasteiger partial charge in [0.05, 0.1) is 0 Å². The summed E-state index contributed by atoms with van der Waals surface area (Å²) in [5.41, 5.74) is 1.38. The predicted molar refractivity (Wildman–Crippen MR) is 76.4 cm³/mol. The van der Waals surface area contributed by atoms with Crippen LogP contribution in [0.1, 0.15) is 45.0 Å². The van der Waals surface area contributed by atoms with E-state index in [1.807, 2.05) is 6.92 Å². The van der Waals surface area contributed by atoms with Gasteiger partial charge in [0.1, 0.15) is 16.8 Å². The molecule has 3 nitrogen and oxygen atoms in total. The molecule has 0 amide bonds. The van der Waals surface area contributed by atoms with Crippen LogP contribution in [0.5, 0.6) is 0 Å². The Bertz CT molecular complexity index is 443. The van der Waals surface area contributed by atoms with Crippen molar-refractivity contribution in [1.29, 1.82) is 0 Å².